The number of halogens is 6. The van der Waals surface area contributed by atoms with Crippen LogP contribution in [0.4, 0.5) is 31.1 Å². The Morgan fingerprint density at radius 3 is 2.10 bits per heavy atom. The standard InChI is InChI=1S/C20H19F6NO.C7H15NO2.C2H4O2/c1-12-3-2-4-14(9-12)10-15-16(19(21,22)23)11-17(20(24,25)26)27(18(15)28)8-7-13-5-6-13;1-5-8-6(9)10-7(2,3)4;1-4-2-3/h2-4,9,11,13H,5-8,10H2,1H3;5H2,1-4H3,(H,8,9);2H,1H3. The van der Waals surface area contributed by atoms with Crippen molar-refractivity contribution in [2.75, 3.05) is 13.7 Å². The van der Waals surface area contributed by atoms with Crippen LogP contribution in [0.5, 0.6) is 0 Å². The number of rotatable bonds is 7. The van der Waals surface area contributed by atoms with E-state index < -0.39 is 34.7 Å². The van der Waals surface area contributed by atoms with Crippen LogP contribution in [0, 0.1) is 12.8 Å². The van der Waals surface area contributed by atoms with Gasteiger partial charge in [-0.15, -0.1) is 0 Å². The summed E-state index contributed by atoms with van der Waals surface area (Å²) in [4.78, 5) is 32.5. The van der Waals surface area contributed by atoms with E-state index in [-0.39, 0.29) is 36.6 Å². The number of nitrogens with one attached hydrogen (secondary N) is 1. The zero-order valence-corrected chi connectivity index (χ0v) is 24.5. The summed E-state index contributed by atoms with van der Waals surface area (Å²) in [5.74, 6) is 0.232. The normalized spacial score (nSPS) is 13.1. The minimum absolute atomic E-state index is 0.0828. The number of alkyl carbamates (subject to hydrolysis) is 1. The number of nitrogens with zero attached hydrogens (tertiary/aromatic N) is 1. The predicted molar refractivity (Wildman–Crippen MR) is 145 cm³/mol. The van der Waals surface area contributed by atoms with E-state index in [2.05, 4.69) is 10.1 Å². The van der Waals surface area contributed by atoms with Crippen molar-refractivity contribution in [3.63, 3.8) is 0 Å². The molecule has 1 saturated carbocycles. The minimum Gasteiger partial charge on any atom is -0.471 e. The molecule has 1 N–H and O–H groups in total. The molecule has 1 aromatic heterocycles. The molecule has 2 aromatic rings. The number of benzene rings is 1. The Morgan fingerprint density at radius 1 is 1.07 bits per heavy atom. The first-order chi connectivity index (χ1) is 19.3. The largest absolute Gasteiger partial charge is 0.471 e. The summed E-state index contributed by atoms with van der Waals surface area (Å²) < 4.78 is 90.1. The highest BCUT2D eigenvalue weighted by Gasteiger charge is 2.42. The minimum atomic E-state index is -5.06. The van der Waals surface area contributed by atoms with Crippen molar-refractivity contribution in [2.45, 2.75) is 84.8 Å². The third-order valence-electron chi connectivity index (χ3n) is 5.73. The summed E-state index contributed by atoms with van der Waals surface area (Å²) in [6, 6.07) is 6.63. The van der Waals surface area contributed by atoms with Crippen LogP contribution in [0.3, 0.4) is 0 Å². The van der Waals surface area contributed by atoms with E-state index in [1.807, 2.05) is 27.7 Å². The van der Waals surface area contributed by atoms with E-state index in [1.54, 1.807) is 31.2 Å². The molecule has 42 heavy (non-hydrogen) atoms. The molecule has 0 saturated heterocycles. The fourth-order valence-electron chi connectivity index (χ4n) is 3.77. The topological polar surface area (TPSA) is 86.6 Å². The van der Waals surface area contributed by atoms with Gasteiger partial charge in [0.1, 0.15) is 11.3 Å². The van der Waals surface area contributed by atoms with Gasteiger partial charge < -0.3 is 19.4 Å². The van der Waals surface area contributed by atoms with Crippen molar-refractivity contribution < 1.29 is 45.4 Å². The smallest absolute Gasteiger partial charge is 0.431 e. The number of hydrogen-bond donors (Lipinski definition) is 1. The highest BCUT2D eigenvalue weighted by molar-refractivity contribution is 5.67. The van der Waals surface area contributed by atoms with Gasteiger partial charge in [-0.3, -0.25) is 9.59 Å². The van der Waals surface area contributed by atoms with Crippen LogP contribution in [0.1, 0.15) is 74.9 Å². The SMILES string of the molecule is CCNC(=O)OC(C)(C)C.COC=O.Cc1cccc(Cc2c(C(F)(F)F)cc(C(F)(F)F)n(CCC3CC3)c2=O)c1. The lowest BCUT2D eigenvalue weighted by Gasteiger charge is -2.21. The van der Waals surface area contributed by atoms with Crippen LogP contribution in [0.2, 0.25) is 0 Å². The number of carbonyl (C=O) groups is 2. The zero-order chi connectivity index (χ0) is 32.3. The molecule has 1 amide bonds. The van der Waals surface area contributed by atoms with Crippen molar-refractivity contribution in [3.05, 3.63) is 68.6 Å². The predicted octanol–water partition coefficient (Wildman–Crippen LogP) is 6.91. The van der Waals surface area contributed by atoms with Crippen LogP contribution in [-0.2, 0) is 39.6 Å². The fraction of sp³-hybridized carbons (Fsp3) is 0.552. The van der Waals surface area contributed by atoms with Crippen LogP contribution in [0.25, 0.3) is 0 Å². The van der Waals surface area contributed by atoms with E-state index in [1.165, 1.54) is 7.11 Å². The summed E-state index contributed by atoms with van der Waals surface area (Å²) in [7, 11) is 1.31. The number of ether oxygens (including phenoxy) is 2. The van der Waals surface area contributed by atoms with Gasteiger partial charge in [0, 0.05) is 25.1 Å². The first-order valence-corrected chi connectivity index (χ1v) is 13.2. The Hall–Kier alpha value is -3.51. The van der Waals surface area contributed by atoms with Crippen molar-refractivity contribution in [1.82, 2.24) is 9.88 Å². The van der Waals surface area contributed by atoms with E-state index in [0.29, 0.717) is 29.6 Å². The van der Waals surface area contributed by atoms with Crippen LogP contribution in [-0.4, -0.2) is 36.4 Å². The third kappa shape index (κ3) is 13.0. The summed E-state index contributed by atoms with van der Waals surface area (Å²) >= 11 is 0. The van der Waals surface area contributed by atoms with Gasteiger partial charge in [0.15, 0.2) is 0 Å². The molecule has 0 aliphatic heterocycles. The van der Waals surface area contributed by atoms with Gasteiger partial charge in [-0.05, 0) is 58.6 Å². The molecule has 7 nitrogen and oxygen atoms in total. The average Bonchev–Trinajstić information content (AvgIpc) is 3.67. The monoisotopic (exact) mass is 608 g/mol. The second kappa shape index (κ2) is 15.6. The van der Waals surface area contributed by atoms with E-state index in [4.69, 9.17) is 9.53 Å². The summed E-state index contributed by atoms with van der Waals surface area (Å²) in [5, 5.41) is 2.54. The Kier molecular flexibility index (Phi) is 13.6. The number of methoxy groups -OCH3 is 1. The lowest BCUT2D eigenvalue weighted by atomic mass is 9.98. The van der Waals surface area contributed by atoms with Crippen molar-refractivity contribution >= 4 is 12.6 Å². The average molecular weight is 609 g/mol. The Labute approximate surface area is 241 Å². The lowest BCUT2D eigenvalue weighted by Crippen LogP contribution is -2.34. The molecule has 0 radical (unpaired) electrons. The van der Waals surface area contributed by atoms with Gasteiger partial charge in [-0.25, -0.2) is 4.79 Å². The Morgan fingerprint density at radius 2 is 1.67 bits per heavy atom. The molecule has 0 unspecified atom stereocenters. The highest BCUT2D eigenvalue weighted by atomic mass is 19.4. The summed E-state index contributed by atoms with van der Waals surface area (Å²) in [6.45, 7) is 9.84. The first-order valence-electron chi connectivity index (χ1n) is 13.2. The number of pyridine rings is 1. The summed E-state index contributed by atoms with van der Waals surface area (Å²) in [6.07, 6.45) is -8.76. The second-order valence-corrected chi connectivity index (χ2v) is 10.6. The van der Waals surface area contributed by atoms with Crippen LogP contribution in [0.15, 0.2) is 35.1 Å². The maximum absolute atomic E-state index is 13.5. The number of amides is 1. The number of aryl methyl sites for hydroxylation is 1. The molecule has 1 aliphatic rings. The molecule has 1 aromatic carbocycles. The molecule has 0 spiro atoms. The number of hydrogen-bond acceptors (Lipinski definition) is 5. The van der Waals surface area contributed by atoms with Crippen LogP contribution >= 0.6 is 0 Å². The quantitative estimate of drug-likeness (QED) is 0.273. The Balaban J connectivity index is 0.000000526. The van der Waals surface area contributed by atoms with Gasteiger partial charge in [-0.2, -0.15) is 26.3 Å². The number of aromatic nitrogens is 1. The molecule has 0 bridgehead atoms. The number of carbonyl (C=O) groups excluding carboxylic acids is 2. The van der Waals surface area contributed by atoms with E-state index in [0.717, 1.165) is 18.4 Å². The molecule has 1 aliphatic carbocycles. The molecular weight excluding hydrogens is 570 g/mol. The van der Waals surface area contributed by atoms with Gasteiger partial charge in [0.25, 0.3) is 12.0 Å². The molecule has 13 heteroatoms. The maximum Gasteiger partial charge on any atom is 0.431 e. The molecule has 1 fully saturated rings. The highest BCUT2D eigenvalue weighted by Crippen LogP contribution is 2.38. The van der Waals surface area contributed by atoms with Gasteiger partial charge >= 0.3 is 18.4 Å². The summed E-state index contributed by atoms with van der Waals surface area (Å²) in [5.41, 5.74) is -4.10. The fourth-order valence-corrected chi connectivity index (χ4v) is 3.77. The number of alkyl halides is 6. The lowest BCUT2D eigenvalue weighted by molar-refractivity contribution is -0.148. The van der Waals surface area contributed by atoms with Gasteiger partial charge in [-0.1, -0.05) is 42.7 Å². The van der Waals surface area contributed by atoms with E-state index in [9.17, 15) is 35.9 Å². The zero-order valence-electron chi connectivity index (χ0n) is 24.5. The first kappa shape index (κ1) is 36.5. The van der Waals surface area contributed by atoms with Crippen molar-refractivity contribution in [1.29, 1.82) is 0 Å². The second-order valence-electron chi connectivity index (χ2n) is 10.6. The van der Waals surface area contributed by atoms with Gasteiger partial charge in [0.2, 0.25) is 0 Å². The third-order valence-corrected chi connectivity index (χ3v) is 5.73. The van der Waals surface area contributed by atoms with E-state index >= 15 is 0 Å². The molecule has 3 rings (SSSR count). The van der Waals surface area contributed by atoms with Crippen molar-refractivity contribution in [3.8, 4) is 0 Å². The van der Waals surface area contributed by atoms with Crippen molar-refractivity contribution in [2.24, 2.45) is 5.92 Å². The molecule has 0 atom stereocenters. The molecule has 1 heterocycles. The Bertz CT molecular complexity index is 1230. The maximum atomic E-state index is 13.5. The molecular formula is C29H38F6N2O5. The molecule has 236 valence electrons. The van der Waals surface area contributed by atoms with Crippen LogP contribution < -0.4 is 10.9 Å². The van der Waals surface area contributed by atoms with Gasteiger partial charge in [0.05, 0.1) is 12.7 Å².